The second-order valence-electron chi connectivity index (χ2n) is 10.3. The third-order valence-electron chi connectivity index (χ3n) is 8.54. The van der Waals surface area contributed by atoms with E-state index in [0.29, 0.717) is 23.2 Å². The molecule has 1 aliphatic heterocycles. The molecule has 0 bridgehead atoms. The van der Waals surface area contributed by atoms with Crippen LogP contribution in [0.25, 0.3) is 0 Å². The summed E-state index contributed by atoms with van der Waals surface area (Å²) in [5, 5.41) is 30.5. The van der Waals surface area contributed by atoms with E-state index in [4.69, 9.17) is 9.47 Å². The predicted molar refractivity (Wildman–Crippen MR) is 97.2 cm³/mol. The molecule has 0 radical (unpaired) electrons. The molecule has 3 aliphatic carbocycles. The summed E-state index contributed by atoms with van der Waals surface area (Å²) in [5.74, 6) is 3.38. The Kier molecular flexibility index (Phi) is 4.52. The first-order chi connectivity index (χ1) is 12.1. The van der Waals surface area contributed by atoms with Crippen molar-refractivity contribution in [3.63, 3.8) is 0 Å². The summed E-state index contributed by atoms with van der Waals surface area (Å²) in [6.45, 7) is 11.1. The lowest BCUT2D eigenvalue weighted by Crippen LogP contribution is -2.59. The Morgan fingerprint density at radius 1 is 0.885 bits per heavy atom. The Hall–Kier alpha value is -0.200. The number of aliphatic hydroxyl groups is 3. The van der Waals surface area contributed by atoms with Gasteiger partial charge in [0, 0.05) is 0 Å². The van der Waals surface area contributed by atoms with Gasteiger partial charge in [0.05, 0.1) is 11.7 Å². The van der Waals surface area contributed by atoms with Gasteiger partial charge in [-0.05, 0) is 68.1 Å². The minimum absolute atomic E-state index is 0.355. The van der Waals surface area contributed by atoms with Crippen molar-refractivity contribution in [1.29, 1.82) is 0 Å². The zero-order valence-corrected chi connectivity index (χ0v) is 16.8. The predicted octanol–water partition coefficient (Wildman–Crippen LogP) is 2.32. The molecule has 0 amide bonds. The minimum Gasteiger partial charge on any atom is -0.388 e. The molecular formula is C21H36O5. The third-order valence-corrected chi connectivity index (χ3v) is 8.54. The van der Waals surface area contributed by atoms with E-state index in [1.54, 1.807) is 6.92 Å². The highest BCUT2D eigenvalue weighted by Gasteiger charge is 2.67. The molecular weight excluding hydrogens is 332 g/mol. The Labute approximate surface area is 157 Å². The van der Waals surface area contributed by atoms with Gasteiger partial charge in [-0.1, -0.05) is 27.2 Å². The summed E-state index contributed by atoms with van der Waals surface area (Å²) in [5.41, 5.74) is 0.0881. The van der Waals surface area contributed by atoms with E-state index in [2.05, 4.69) is 27.7 Å². The molecule has 5 nitrogen and oxygen atoms in total. The van der Waals surface area contributed by atoms with Gasteiger partial charge in [0.15, 0.2) is 6.29 Å². The lowest BCUT2D eigenvalue weighted by atomic mass is 9.74. The van der Waals surface area contributed by atoms with Crippen molar-refractivity contribution in [3.05, 3.63) is 0 Å². The van der Waals surface area contributed by atoms with Crippen molar-refractivity contribution in [1.82, 2.24) is 0 Å². The molecule has 3 saturated carbocycles. The van der Waals surface area contributed by atoms with Crippen LogP contribution in [-0.4, -0.2) is 51.6 Å². The summed E-state index contributed by atoms with van der Waals surface area (Å²) in [6, 6.07) is 0. The van der Waals surface area contributed by atoms with Gasteiger partial charge < -0.3 is 24.8 Å². The summed E-state index contributed by atoms with van der Waals surface area (Å²) in [7, 11) is 0. The monoisotopic (exact) mass is 368 g/mol. The first-order valence-electron chi connectivity index (χ1n) is 10.5. The Morgan fingerprint density at radius 2 is 1.58 bits per heavy atom. The van der Waals surface area contributed by atoms with Crippen LogP contribution in [0.5, 0.6) is 0 Å². The molecule has 11 atom stereocenters. The zero-order valence-electron chi connectivity index (χ0n) is 16.8. The first-order valence-corrected chi connectivity index (χ1v) is 10.5. The van der Waals surface area contributed by atoms with Crippen LogP contribution in [0.1, 0.15) is 60.3 Å². The number of hydrogen-bond acceptors (Lipinski definition) is 5. The standard InChI is InChI=1S/C21H36O5/c1-10-6-7-12-14(10)15-13(20(15,3)4)8-9-21(12,5)26-19-18(24)17(23)16(22)11(2)25-19/h10-19,22-24H,6-9H2,1-5H3/t10?,11?,12-,13+,14+,15+,16?,17?,18?,19?,21-/m0/s1. The molecule has 1 saturated heterocycles. The van der Waals surface area contributed by atoms with Gasteiger partial charge in [-0.15, -0.1) is 0 Å². The number of ether oxygens (including phenoxy) is 2. The van der Waals surface area contributed by atoms with E-state index >= 15 is 0 Å². The second-order valence-corrected chi connectivity index (χ2v) is 10.3. The summed E-state index contributed by atoms with van der Waals surface area (Å²) < 4.78 is 12.2. The Balaban J connectivity index is 1.56. The minimum atomic E-state index is -1.23. The average Bonchev–Trinajstić information content (AvgIpc) is 2.95. The van der Waals surface area contributed by atoms with Crippen LogP contribution in [0, 0.1) is 35.0 Å². The maximum atomic E-state index is 10.4. The van der Waals surface area contributed by atoms with Gasteiger partial charge in [-0.25, -0.2) is 0 Å². The lowest BCUT2D eigenvalue weighted by Gasteiger charge is -2.46. The molecule has 6 unspecified atom stereocenters. The average molecular weight is 369 g/mol. The van der Waals surface area contributed by atoms with Crippen LogP contribution >= 0.6 is 0 Å². The van der Waals surface area contributed by atoms with Gasteiger partial charge in [-0.3, -0.25) is 0 Å². The van der Waals surface area contributed by atoms with Gasteiger partial charge in [0.2, 0.25) is 0 Å². The van der Waals surface area contributed by atoms with Crippen molar-refractivity contribution in [3.8, 4) is 0 Å². The molecule has 4 fully saturated rings. The summed E-state index contributed by atoms with van der Waals surface area (Å²) in [4.78, 5) is 0. The van der Waals surface area contributed by atoms with Crippen LogP contribution in [0.4, 0.5) is 0 Å². The largest absolute Gasteiger partial charge is 0.388 e. The van der Waals surface area contributed by atoms with Gasteiger partial charge >= 0.3 is 0 Å². The van der Waals surface area contributed by atoms with Crippen molar-refractivity contribution in [2.45, 2.75) is 96.6 Å². The summed E-state index contributed by atoms with van der Waals surface area (Å²) in [6.07, 6.45) is -0.466. The molecule has 3 N–H and O–H groups in total. The topological polar surface area (TPSA) is 79.2 Å². The van der Waals surface area contributed by atoms with Crippen LogP contribution in [0.3, 0.4) is 0 Å². The van der Waals surface area contributed by atoms with Gasteiger partial charge in [0.25, 0.3) is 0 Å². The quantitative estimate of drug-likeness (QED) is 0.697. The molecule has 0 aromatic carbocycles. The van der Waals surface area contributed by atoms with Crippen LogP contribution in [0.2, 0.25) is 0 Å². The molecule has 150 valence electrons. The highest BCUT2D eigenvalue weighted by atomic mass is 16.7. The van der Waals surface area contributed by atoms with Crippen LogP contribution < -0.4 is 0 Å². The first kappa shape index (κ1) is 19.1. The number of aliphatic hydroxyl groups excluding tert-OH is 3. The maximum absolute atomic E-state index is 10.4. The number of hydrogen-bond donors (Lipinski definition) is 3. The van der Waals surface area contributed by atoms with Gasteiger partial charge in [-0.2, -0.15) is 0 Å². The highest BCUT2D eigenvalue weighted by Crippen LogP contribution is 2.71. The Morgan fingerprint density at radius 3 is 2.27 bits per heavy atom. The fourth-order valence-electron chi connectivity index (χ4n) is 6.79. The molecule has 26 heavy (non-hydrogen) atoms. The second kappa shape index (κ2) is 6.15. The highest BCUT2D eigenvalue weighted by molar-refractivity contribution is 5.15. The van der Waals surface area contributed by atoms with Crippen molar-refractivity contribution < 1.29 is 24.8 Å². The van der Waals surface area contributed by atoms with Crippen molar-refractivity contribution >= 4 is 0 Å². The van der Waals surface area contributed by atoms with Crippen LogP contribution in [-0.2, 0) is 9.47 Å². The Bertz CT molecular complexity index is 551. The smallest absolute Gasteiger partial charge is 0.187 e. The molecule has 5 heteroatoms. The number of fused-ring (bicyclic) bond motifs is 3. The molecule has 4 rings (SSSR count). The van der Waals surface area contributed by atoms with Gasteiger partial charge in [0.1, 0.15) is 18.3 Å². The van der Waals surface area contributed by atoms with E-state index in [-0.39, 0.29) is 5.60 Å². The fourth-order valence-corrected chi connectivity index (χ4v) is 6.79. The molecule has 0 aromatic rings. The maximum Gasteiger partial charge on any atom is 0.187 e. The molecule has 1 heterocycles. The molecule has 0 spiro atoms. The zero-order chi connectivity index (χ0) is 19.0. The molecule has 4 aliphatic rings. The van der Waals surface area contributed by atoms with E-state index < -0.39 is 30.7 Å². The van der Waals surface area contributed by atoms with E-state index in [9.17, 15) is 15.3 Å². The van der Waals surface area contributed by atoms with Crippen molar-refractivity contribution in [2.75, 3.05) is 0 Å². The number of rotatable bonds is 2. The van der Waals surface area contributed by atoms with E-state index in [1.165, 1.54) is 6.42 Å². The molecule has 0 aromatic heterocycles. The normalized spacial score (nSPS) is 58.6. The fraction of sp³-hybridized carbons (Fsp3) is 1.00. The van der Waals surface area contributed by atoms with Crippen LogP contribution in [0.15, 0.2) is 0 Å². The lowest BCUT2D eigenvalue weighted by molar-refractivity contribution is -0.327. The summed E-state index contributed by atoms with van der Waals surface area (Å²) >= 11 is 0. The van der Waals surface area contributed by atoms with Crippen molar-refractivity contribution in [2.24, 2.45) is 35.0 Å². The SMILES string of the molecule is CC1OC(O[C@@]2(C)CC[C@@H]3[C@H]([C@@H]4C(C)CC[C@@H]42)C3(C)C)C(O)C(O)C1O. The third kappa shape index (κ3) is 2.69. The van der Waals surface area contributed by atoms with E-state index in [0.717, 1.165) is 31.1 Å². The van der Waals surface area contributed by atoms with E-state index in [1.807, 2.05) is 0 Å².